The highest BCUT2D eigenvalue weighted by Crippen LogP contribution is 2.23. The van der Waals surface area contributed by atoms with Gasteiger partial charge in [-0.15, -0.1) is 0 Å². The van der Waals surface area contributed by atoms with Gasteiger partial charge in [-0.3, -0.25) is 4.79 Å². The molecule has 0 aliphatic rings. The van der Waals surface area contributed by atoms with Crippen LogP contribution >= 0.6 is 0 Å². The summed E-state index contributed by atoms with van der Waals surface area (Å²) in [5, 5.41) is 2.94. The van der Waals surface area contributed by atoms with Crippen molar-refractivity contribution in [3.05, 3.63) is 47.2 Å². The van der Waals surface area contributed by atoms with E-state index >= 15 is 0 Å². The monoisotopic (exact) mass is 258 g/mol. The third-order valence-corrected chi connectivity index (χ3v) is 3.08. The average molecular weight is 258 g/mol. The number of hydrogen-bond acceptors (Lipinski definition) is 3. The molecule has 1 amide bonds. The molecule has 0 unspecified atom stereocenters. The van der Waals surface area contributed by atoms with Crippen molar-refractivity contribution in [2.24, 2.45) is 0 Å². The van der Waals surface area contributed by atoms with E-state index in [9.17, 15) is 4.79 Å². The maximum atomic E-state index is 12.1. The second kappa shape index (κ2) is 5.69. The SMILES string of the molecule is CCc1cccc(CC)c1NC(=O)c1cnc(C)o1. The fourth-order valence-electron chi connectivity index (χ4n) is 2.04. The number of anilines is 1. The van der Waals surface area contributed by atoms with Crippen molar-refractivity contribution in [2.75, 3.05) is 5.32 Å². The van der Waals surface area contributed by atoms with Crippen molar-refractivity contribution in [1.82, 2.24) is 4.98 Å². The summed E-state index contributed by atoms with van der Waals surface area (Å²) in [5.74, 6) is 0.478. The van der Waals surface area contributed by atoms with E-state index < -0.39 is 0 Å². The third-order valence-electron chi connectivity index (χ3n) is 3.08. The van der Waals surface area contributed by atoms with Gasteiger partial charge in [-0.1, -0.05) is 32.0 Å². The number of rotatable bonds is 4. The zero-order chi connectivity index (χ0) is 13.8. The van der Waals surface area contributed by atoms with E-state index in [0.717, 1.165) is 29.7 Å². The van der Waals surface area contributed by atoms with Crippen LogP contribution in [-0.4, -0.2) is 10.9 Å². The first-order valence-electron chi connectivity index (χ1n) is 6.50. The second-order valence-electron chi connectivity index (χ2n) is 4.36. The molecule has 2 rings (SSSR count). The highest BCUT2D eigenvalue weighted by Gasteiger charge is 2.14. The third kappa shape index (κ3) is 2.84. The number of aryl methyl sites for hydroxylation is 3. The Morgan fingerprint density at radius 3 is 2.37 bits per heavy atom. The summed E-state index contributed by atoms with van der Waals surface area (Å²) in [7, 11) is 0. The second-order valence-corrected chi connectivity index (χ2v) is 4.36. The highest BCUT2D eigenvalue weighted by atomic mass is 16.4. The zero-order valence-corrected chi connectivity index (χ0v) is 11.5. The van der Waals surface area contributed by atoms with E-state index in [0.29, 0.717) is 5.89 Å². The van der Waals surface area contributed by atoms with Crippen LogP contribution in [0.25, 0.3) is 0 Å². The van der Waals surface area contributed by atoms with Gasteiger partial charge < -0.3 is 9.73 Å². The van der Waals surface area contributed by atoms with Crippen molar-refractivity contribution in [3.63, 3.8) is 0 Å². The summed E-state index contributed by atoms with van der Waals surface area (Å²) in [4.78, 5) is 16.1. The van der Waals surface area contributed by atoms with Crippen molar-refractivity contribution in [2.45, 2.75) is 33.6 Å². The van der Waals surface area contributed by atoms with Crippen LogP contribution in [0.2, 0.25) is 0 Å². The van der Waals surface area contributed by atoms with Gasteiger partial charge in [0.25, 0.3) is 5.91 Å². The first-order chi connectivity index (χ1) is 9.15. The molecular formula is C15H18N2O2. The highest BCUT2D eigenvalue weighted by molar-refractivity contribution is 6.03. The fraction of sp³-hybridized carbons (Fsp3) is 0.333. The van der Waals surface area contributed by atoms with E-state index in [2.05, 4.69) is 24.1 Å². The molecule has 19 heavy (non-hydrogen) atoms. The maximum absolute atomic E-state index is 12.1. The molecule has 0 saturated heterocycles. The molecule has 0 fully saturated rings. The Kier molecular flexibility index (Phi) is 4.00. The van der Waals surface area contributed by atoms with E-state index in [1.807, 2.05) is 18.2 Å². The molecular weight excluding hydrogens is 240 g/mol. The maximum Gasteiger partial charge on any atom is 0.293 e. The Hall–Kier alpha value is -2.10. The lowest BCUT2D eigenvalue weighted by molar-refractivity contribution is 0.0995. The van der Waals surface area contributed by atoms with Gasteiger partial charge in [0.05, 0.1) is 6.20 Å². The van der Waals surface area contributed by atoms with Crippen LogP contribution in [0, 0.1) is 6.92 Å². The Bertz CT molecular complexity index is 565. The van der Waals surface area contributed by atoms with Crippen LogP contribution in [0.4, 0.5) is 5.69 Å². The van der Waals surface area contributed by atoms with Crippen LogP contribution < -0.4 is 5.32 Å². The van der Waals surface area contributed by atoms with E-state index in [1.54, 1.807) is 6.92 Å². The van der Waals surface area contributed by atoms with Crippen molar-refractivity contribution < 1.29 is 9.21 Å². The number of para-hydroxylation sites is 1. The number of carbonyl (C=O) groups excluding carboxylic acids is 1. The number of amides is 1. The zero-order valence-electron chi connectivity index (χ0n) is 11.5. The Morgan fingerprint density at radius 2 is 1.89 bits per heavy atom. The number of nitrogens with zero attached hydrogens (tertiary/aromatic N) is 1. The van der Waals surface area contributed by atoms with Crippen LogP contribution in [0.15, 0.2) is 28.8 Å². The number of oxazole rings is 1. The summed E-state index contributed by atoms with van der Waals surface area (Å²) in [6, 6.07) is 6.08. The van der Waals surface area contributed by atoms with Gasteiger partial charge >= 0.3 is 0 Å². The molecule has 0 radical (unpaired) electrons. The van der Waals surface area contributed by atoms with Crippen molar-refractivity contribution >= 4 is 11.6 Å². The van der Waals surface area contributed by atoms with Gasteiger partial charge in [0.2, 0.25) is 5.76 Å². The number of nitrogens with one attached hydrogen (secondary N) is 1. The van der Waals surface area contributed by atoms with Gasteiger partial charge in [-0.25, -0.2) is 4.98 Å². The molecule has 1 aromatic heterocycles. The molecule has 0 atom stereocenters. The molecule has 0 bridgehead atoms. The van der Waals surface area contributed by atoms with Crippen molar-refractivity contribution in [1.29, 1.82) is 0 Å². The van der Waals surface area contributed by atoms with Gasteiger partial charge in [0.1, 0.15) is 0 Å². The molecule has 1 aromatic carbocycles. The minimum atomic E-state index is -0.254. The fourth-order valence-corrected chi connectivity index (χ4v) is 2.04. The number of benzene rings is 1. The Morgan fingerprint density at radius 1 is 1.26 bits per heavy atom. The van der Waals surface area contributed by atoms with Crippen LogP contribution in [0.3, 0.4) is 0 Å². The smallest absolute Gasteiger partial charge is 0.293 e. The minimum Gasteiger partial charge on any atom is -0.436 e. The lowest BCUT2D eigenvalue weighted by Gasteiger charge is -2.13. The molecule has 0 aliphatic carbocycles. The van der Waals surface area contributed by atoms with E-state index in [1.165, 1.54) is 6.20 Å². The van der Waals surface area contributed by atoms with E-state index in [-0.39, 0.29) is 11.7 Å². The lowest BCUT2D eigenvalue weighted by Crippen LogP contribution is -2.14. The largest absolute Gasteiger partial charge is 0.436 e. The molecule has 1 N–H and O–H groups in total. The standard InChI is InChI=1S/C15H18N2O2/c1-4-11-7-6-8-12(5-2)14(11)17-15(18)13-9-16-10(3)19-13/h6-9H,4-5H2,1-3H3,(H,17,18). The van der Waals surface area contributed by atoms with Crippen LogP contribution in [0.1, 0.15) is 41.4 Å². The quantitative estimate of drug-likeness (QED) is 0.914. The van der Waals surface area contributed by atoms with Gasteiger partial charge in [-0.2, -0.15) is 0 Å². The Balaban J connectivity index is 2.30. The summed E-state index contributed by atoms with van der Waals surface area (Å²) in [6.45, 7) is 5.86. The molecule has 1 heterocycles. The summed E-state index contributed by atoms with van der Waals surface area (Å²) >= 11 is 0. The number of carbonyl (C=O) groups is 1. The van der Waals surface area contributed by atoms with Gasteiger partial charge in [0, 0.05) is 12.6 Å². The normalized spacial score (nSPS) is 10.5. The molecule has 0 saturated carbocycles. The molecule has 100 valence electrons. The van der Waals surface area contributed by atoms with Crippen LogP contribution in [0.5, 0.6) is 0 Å². The topological polar surface area (TPSA) is 55.1 Å². The molecule has 4 heteroatoms. The van der Waals surface area contributed by atoms with Crippen molar-refractivity contribution in [3.8, 4) is 0 Å². The first-order valence-corrected chi connectivity index (χ1v) is 6.50. The average Bonchev–Trinajstić information content (AvgIpc) is 2.85. The first kappa shape index (κ1) is 13.3. The molecule has 2 aromatic rings. The van der Waals surface area contributed by atoms with Gasteiger partial charge in [0.15, 0.2) is 5.89 Å². The summed E-state index contributed by atoms with van der Waals surface area (Å²) in [6.07, 6.45) is 3.20. The number of aromatic nitrogens is 1. The predicted molar refractivity (Wildman–Crippen MR) is 74.4 cm³/mol. The van der Waals surface area contributed by atoms with Gasteiger partial charge in [-0.05, 0) is 24.0 Å². The minimum absolute atomic E-state index is 0.241. The number of hydrogen-bond donors (Lipinski definition) is 1. The summed E-state index contributed by atoms with van der Waals surface area (Å²) < 4.78 is 5.24. The summed E-state index contributed by atoms with van der Waals surface area (Å²) in [5.41, 5.74) is 3.15. The molecule has 0 aliphatic heterocycles. The lowest BCUT2D eigenvalue weighted by atomic mass is 10.0. The molecule has 0 spiro atoms. The molecule has 4 nitrogen and oxygen atoms in total. The van der Waals surface area contributed by atoms with Crippen LogP contribution in [-0.2, 0) is 12.8 Å². The van der Waals surface area contributed by atoms with E-state index in [4.69, 9.17) is 4.42 Å². The Labute approximate surface area is 112 Å². The predicted octanol–water partition coefficient (Wildman–Crippen LogP) is 3.36.